The van der Waals surface area contributed by atoms with Crippen LogP contribution < -0.4 is 5.73 Å². The van der Waals surface area contributed by atoms with Crippen LogP contribution in [0.25, 0.3) is 21.9 Å². The van der Waals surface area contributed by atoms with Gasteiger partial charge in [0.05, 0.1) is 10.9 Å². The van der Waals surface area contributed by atoms with Crippen molar-refractivity contribution < 1.29 is 0 Å². The van der Waals surface area contributed by atoms with E-state index in [1.807, 2.05) is 6.07 Å². The van der Waals surface area contributed by atoms with E-state index in [9.17, 15) is 0 Å². The molecule has 17 heavy (non-hydrogen) atoms. The minimum Gasteiger partial charge on any atom is -0.383 e. The molecule has 0 spiro atoms. The highest BCUT2D eigenvalue weighted by atomic mass is 15.0. The van der Waals surface area contributed by atoms with Gasteiger partial charge in [0.25, 0.3) is 0 Å². The number of anilines is 1. The summed E-state index contributed by atoms with van der Waals surface area (Å²) in [4.78, 5) is 12.7. The number of aryl methyl sites for hydroxylation is 2. The van der Waals surface area contributed by atoms with Crippen molar-refractivity contribution in [2.75, 3.05) is 5.73 Å². The van der Waals surface area contributed by atoms with Gasteiger partial charge in [0, 0.05) is 5.39 Å². The third-order valence-corrected chi connectivity index (χ3v) is 3.14. The first-order valence-electron chi connectivity index (χ1n) is 5.44. The SMILES string of the molecule is Cc1ccc2cc3c(N)ncnc3nc2c1C. The summed E-state index contributed by atoms with van der Waals surface area (Å²) in [6, 6.07) is 6.14. The zero-order chi connectivity index (χ0) is 12.0. The Morgan fingerprint density at radius 2 is 1.94 bits per heavy atom. The number of benzene rings is 1. The third kappa shape index (κ3) is 1.41. The van der Waals surface area contributed by atoms with Gasteiger partial charge in [0.1, 0.15) is 12.1 Å². The van der Waals surface area contributed by atoms with E-state index >= 15 is 0 Å². The molecule has 0 atom stereocenters. The minimum atomic E-state index is 0.475. The highest BCUT2D eigenvalue weighted by Crippen LogP contribution is 2.24. The number of aromatic nitrogens is 3. The Morgan fingerprint density at radius 1 is 1.12 bits per heavy atom. The lowest BCUT2D eigenvalue weighted by molar-refractivity contribution is 1.20. The molecule has 4 heteroatoms. The summed E-state index contributed by atoms with van der Waals surface area (Å²) >= 11 is 0. The number of nitrogen functional groups attached to an aromatic ring is 1. The second kappa shape index (κ2) is 3.38. The lowest BCUT2D eigenvalue weighted by atomic mass is 10.0. The molecule has 3 rings (SSSR count). The number of hydrogen-bond acceptors (Lipinski definition) is 4. The average Bonchev–Trinajstić information content (AvgIpc) is 2.33. The fourth-order valence-corrected chi connectivity index (χ4v) is 1.98. The van der Waals surface area contributed by atoms with Gasteiger partial charge in [0.15, 0.2) is 5.65 Å². The van der Waals surface area contributed by atoms with Crippen LogP contribution >= 0.6 is 0 Å². The van der Waals surface area contributed by atoms with Crippen LogP contribution in [0.15, 0.2) is 24.5 Å². The van der Waals surface area contributed by atoms with E-state index in [-0.39, 0.29) is 0 Å². The monoisotopic (exact) mass is 224 g/mol. The predicted molar refractivity (Wildman–Crippen MR) is 68.7 cm³/mol. The molecule has 1 aromatic carbocycles. The van der Waals surface area contributed by atoms with E-state index in [1.165, 1.54) is 17.5 Å². The maximum atomic E-state index is 5.82. The Bertz CT molecular complexity index is 734. The zero-order valence-corrected chi connectivity index (χ0v) is 9.73. The Morgan fingerprint density at radius 3 is 2.76 bits per heavy atom. The third-order valence-electron chi connectivity index (χ3n) is 3.14. The molecule has 0 saturated heterocycles. The van der Waals surface area contributed by atoms with Crippen molar-refractivity contribution in [1.82, 2.24) is 15.0 Å². The van der Waals surface area contributed by atoms with E-state index < -0.39 is 0 Å². The summed E-state index contributed by atoms with van der Waals surface area (Å²) < 4.78 is 0. The van der Waals surface area contributed by atoms with Crippen LogP contribution in [0.5, 0.6) is 0 Å². The van der Waals surface area contributed by atoms with Gasteiger partial charge < -0.3 is 5.73 Å². The molecule has 0 fully saturated rings. The van der Waals surface area contributed by atoms with Crippen molar-refractivity contribution in [3.8, 4) is 0 Å². The van der Waals surface area contributed by atoms with Crippen LogP contribution in [0, 0.1) is 13.8 Å². The van der Waals surface area contributed by atoms with Crippen molar-refractivity contribution in [1.29, 1.82) is 0 Å². The average molecular weight is 224 g/mol. The number of hydrogen-bond donors (Lipinski definition) is 1. The van der Waals surface area contributed by atoms with Crippen molar-refractivity contribution in [3.63, 3.8) is 0 Å². The maximum absolute atomic E-state index is 5.82. The summed E-state index contributed by atoms with van der Waals surface area (Å²) in [5, 5.41) is 1.88. The van der Waals surface area contributed by atoms with E-state index in [0.29, 0.717) is 11.5 Å². The van der Waals surface area contributed by atoms with E-state index in [1.54, 1.807) is 0 Å². The van der Waals surface area contributed by atoms with Gasteiger partial charge in [-0.3, -0.25) is 0 Å². The minimum absolute atomic E-state index is 0.475. The molecule has 3 aromatic rings. The summed E-state index contributed by atoms with van der Waals surface area (Å²) in [5.74, 6) is 0.475. The van der Waals surface area contributed by atoms with Crippen LogP contribution in [-0.2, 0) is 0 Å². The van der Waals surface area contributed by atoms with Gasteiger partial charge >= 0.3 is 0 Å². The van der Waals surface area contributed by atoms with Crippen molar-refractivity contribution >= 4 is 27.8 Å². The summed E-state index contributed by atoms with van der Waals surface area (Å²) in [6.07, 6.45) is 1.45. The van der Waals surface area contributed by atoms with Gasteiger partial charge in [-0.15, -0.1) is 0 Å². The molecule has 4 nitrogen and oxygen atoms in total. The Hall–Kier alpha value is -2.23. The first kappa shape index (κ1) is 9.96. The van der Waals surface area contributed by atoms with Gasteiger partial charge in [-0.1, -0.05) is 12.1 Å². The second-order valence-corrected chi connectivity index (χ2v) is 4.20. The number of nitrogens with zero attached hydrogens (tertiary/aromatic N) is 3. The maximum Gasteiger partial charge on any atom is 0.165 e. The highest BCUT2D eigenvalue weighted by Gasteiger charge is 2.07. The van der Waals surface area contributed by atoms with Crippen LogP contribution in [0.3, 0.4) is 0 Å². The molecule has 2 N–H and O–H groups in total. The van der Waals surface area contributed by atoms with Crippen molar-refractivity contribution in [2.45, 2.75) is 13.8 Å². The van der Waals surface area contributed by atoms with Gasteiger partial charge in [0.2, 0.25) is 0 Å². The van der Waals surface area contributed by atoms with Crippen molar-refractivity contribution in [3.05, 3.63) is 35.7 Å². The molecule has 0 amide bonds. The quantitative estimate of drug-likeness (QED) is 0.595. The standard InChI is InChI=1S/C13H12N4/c1-7-3-4-9-5-10-12(14)15-6-16-13(10)17-11(9)8(7)2/h3-6H,1-2H3,(H2,14,15,16,17). The summed E-state index contributed by atoms with van der Waals surface area (Å²) in [6.45, 7) is 4.15. The highest BCUT2D eigenvalue weighted by molar-refractivity contribution is 5.96. The molecular formula is C13H12N4. The van der Waals surface area contributed by atoms with Crippen LogP contribution in [0.2, 0.25) is 0 Å². The van der Waals surface area contributed by atoms with Crippen LogP contribution in [0.4, 0.5) is 5.82 Å². The van der Waals surface area contributed by atoms with Gasteiger partial charge in [-0.25, -0.2) is 15.0 Å². The first-order valence-corrected chi connectivity index (χ1v) is 5.44. The molecule has 0 aliphatic carbocycles. The van der Waals surface area contributed by atoms with Gasteiger partial charge in [-0.05, 0) is 31.0 Å². The van der Waals surface area contributed by atoms with E-state index in [4.69, 9.17) is 5.73 Å². The number of nitrogens with two attached hydrogens (primary N) is 1. The normalized spacial score (nSPS) is 11.2. The molecule has 2 heterocycles. The lowest BCUT2D eigenvalue weighted by Crippen LogP contribution is -1.96. The Balaban J connectivity index is 2.52. The molecule has 0 unspecified atom stereocenters. The molecule has 2 aromatic heterocycles. The summed E-state index contributed by atoms with van der Waals surface area (Å²) in [5.41, 5.74) is 9.87. The smallest absolute Gasteiger partial charge is 0.165 e. The van der Waals surface area contributed by atoms with Crippen LogP contribution in [-0.4, -0.2) is 15.0 Å². The number of fused-ring (bicyclic) bond motifs is 2. The van der Waals surface area contributed by atoms with E-state index in [0.717, 1.165) is 16.3 Å². The van der Waals surface area contributed by atoms with Crippen LogP contribution in [0.1, 0.15) is 11.1 Å². The summed E-state index contributed by atoms with van der Waals surface area (Å²) in [7, 11) is 0. The zero-order valence-electron chi connectivity index (χ0n) is 9.73. The first-order chi connectivity index (χ1) is 8.16. The predicted octanol–water partition coefficient (Wildman–Crippen LogP) is 2.38. The fourth-order valence-electron chi connectivity index (χ4n) is 1.98. The number of pyridine rings is 1. The second-order valence-electron chi connectivity index (χ2n) is 4.20. The van der Waals surface area contributed by atoms with Crippen molar-refractivity contribution in [2.24, 2.45) is 0 Å². The van der Waals surface area contributed by atoms with E-state index in [2.05, 4.69) is 40.9 Å². The molecule has 0 aliphatic rings. The lowest BCUT2D eigenvalue weighted by Gasteiger charge is -2.06. The largest absolute Gasteiger partial charge is 0.383 e. The Labute approximate surface area is 98.5 Å². The molecular weight excluding hydrogens is 212 g/mol. The molecule has 84 valence electrons. The molecule has 0 aliphatic heterocycles. The number of rotatable bonds is 0. The molecule has 0 radical (unpaired) electrons. The molecule has 0 saturated carbocycles. The molecule has 0 bridgehead atoms. The van der Waals surface area contributed by atoms with Gasteiger partial charge in [-0.2, -0.15) is 0 Å². The Kier molecular flexibility index (Phi) is 1.98. The fraction of sp³-hybridized carbons (Fsp3) is 0.154. The topological polar surface area (TPSA) is 64.7 Å².